The molecule has 0 spiro atoms. The highest BCUT2D eigenvalue weighted by molar-refractivity contribution is 5.95. The van der Waals surface area contributed by atoms with Gasteiger partial charge in [-0.25, -0.2) is 4.98 Å². The van der Waals surface area contributed by atoms with Gasteiger partial charge in [-0.1, -0.05) is 6.92 Å². The summed E-state index contributed by atoms with van der Waals surface area (Å²) in [5.41, 5.74) is -0.399. The maximum absolute atomic E-state index is 12.7. The van der Waals surface area contributed by atoms with Crippen molar-refractivity contribution in [3.63, 3.8) is 0 Å². The van der Waals surface area contributed by atoms with E-state index in [0.29, 0.717) is 37.3 Å². The fourth-order valence-corrected chi connectivity index (χ4v) is 3.50. The first kappa shape index (κ1) is 18.1. The quantitative estimate of drug-likeness (QED) is 0.811. The van der Waals surface area contributed by atoms with E-state index in [1.165, 1.54) is 0 Å². The Bertz CT molecular complexity index is 618. The summed E-state index contributed by atoms with van der Waals surface area (Å²) in [6.45, 7) is 6.06. The van der Waals surface area contributed by atoms with Gasteiger partial charge in [-0.3, -0.25) is 4.79 Å². The van der Waals surface area contributed by atoms with E-state index in [1.807, 2.05) is 16.7 Å². The average molecular weight is 348 g/mol. The summed E-state index contributed by atoms with van der Waals surface area (Å²) in [5, 5.41) is 20.7. The zero-order valence-corrected chi connectivity index (χ0v) is 15.1. The van der Waals surface area contributed by atoms with Gasteiger partial charge in [0.15, 0.2) is 0 Å². The molecule has 1 aromatic heterocycles. The van der Waals surface area contributed by atoms with Crippen LogP contribution >= 0.6 is 0 Å². The third-order valence-electron chi connectivity index (χ3n) is 5.55. The number of pyridine rings is 1. The molecule has 2 atom stereocenters. The first-order valence-electron chi connectivity index (χ1n) is 9.02. The van der Waals surface area contributed by atoms with E-state index in [-0.39, 0.29) is 5.91 Å². The smallest absolute Gasteiger partial charge is 0.254 e. The number of nitrogens with zero attached hydrogens (tertiary/aromatic N) is 4. The van der Waals surface area contributed by atoms with Gasteiger partial charge in [-0.05, 0) is 32.0 Å². The Balaban J connectivity index is 1.71. The number of hydrogen-bond donors (Lipinski definition) is 2. The van der Waals surface area contributed by atoms with Gasteiger partial charge in [0.25, 0.3) is 5.91 Å². The molecular weight excluding hydrogens is 320 g/mol. The topological polar surface area (TPSA) is 80.1 Å². The lowest BCUT2D eigenvalue weighted by atomic mass is 9.86. The summed E-state index contributed by atoms with van der Waals surface area (Å²) in [4.78, 5) is 23.1. The van der Waals surface area contributed by atoms with Gasteiger partial charge in [-0.15, -0.1) is 0 Å². The Morgan fingerprint density at radius 2 is 2.04 bits per heavy atom. The largest absolute Gasteiger partial charge is 0.388 e. The van der Waals surface area contributed by atoms with E-state index in [2.05, 4.69) is 16.9 Å². The van der Waals surface area contributed by atoms with Crippen LogP contribution in [0.5, 0.6) is 0 Å². The molecule has 0 radical (unpaired) electrons. The molecule has 0 saturated carbocycles. The Morgan fingerprint density at radius 3 is 2.68 bits per heavy atom. The molecule has 2 aliphatic heterocycles. The van der Waals surface area contributed by atoms with E-state index in [1.54, 1.807) is 18.3 Å². The summed E-state index contributed by atoms with van der Waals surface area (Å²) < 4.78 is 0. The molecule has 3 heterocycles. The molecule has 2 saturated heterocycles. The number of carbonyl (C=O) groups is 1. The third-order valence-corrected chi connectivity index (χ3v) is 5.55. The second kappa shape index (κ2) is 7.27. The lowest BCUT2D eigenvalue weighted by molar-refractivity contribution is -0.0879. The number of aliphatic hydroxyl groups is 2. The van der Waals surface area contributed by atoms with Crippen molar-refractivity contribution in [1.82, 2.24) is 14.8 Å². The Kier molecular flexibility index (Phi) is 5.27. The van der Waals surface area contributed by atoms with Crippen LogP contribution in [0.1, 0.15) is 30.1 Å². The number of anilines is 1. The molecule has 1 amide bonds. The Labute approximate surface area is 148 Å². The zero-order valence-electron chi connectivity index (χ0n) is 15.1. The number of amides is 1. The van der Waals surface area contributed by atoms with E-state index in [9.17, 15) is 15.0 Å². The van der Waals surface area contributed by atoms with Crippen molar-refractivity contribution in [3.8, 4) is 0 Å². The summed E-state index contributed by atoms with van der Waals surface area (Å²) in [7, 11) is 2.06. The maximum atomic E-state index is 12.7. The molecule has 0 unspecified atom stereocenters. The standard InChI is InChI=1S/C18H28N4O3/c1-3-18(25)5-7-22(13-15(18)23)16-12-14(4-6-19-16)17(24)21-10-8-20(2)9-11-21/h4,6,12,15,23,25H,3,5,7-11,13H2,1-2H3/t15-,18-/m1/s1. The predicted molar refractivity (Wildman–Crippen MR) is 95.7 cm³/mol. The molecule has 2 N–H and O–H groups in total. The fraction of sp³-hybridized carbons (Fsp3) is 0.667. The number of likely N-dealkylation sites (N-methyl/N-ethyl adjacent to an activating group) is 1. The molecule has 2 aliphatic rings. The number of aliphatic hydroxyl groups excluding tert-OH is 1. The zero-order chi connectivity index (χ0) is 18.0. The van der Waals surface area contributed by atoms with Crippen LogP contribution in [0.4, 0.5) is 5.82 Å². The van der Waals surface area contributed by atoms with E-state index < -0.39 is 11.7 Å². The number of β-amino-alcohol motifs (C(OH)–C–C–N with tert-alkyl or cyclic N) is 1. The minimum Gasteiger partial charge on any atom is -0.388 e. The number of aromatic nitrogens is 1. The molecule has 25 heavy (non-hydrogen) atoms. The minimum atomic E-state index is -1.02. The molecule has 7 heteroatoms. The van der Waals surface area contributed by atoms with E-state index in [0.717, 1.165) is 26.2 Å². The number of piperazine rings is 1. The van der Waals surface area contributed by atoms with Crippen LogP contribution < -0.4 is 4.90 Å². The van der Waals surface area contributed by atoms with Crippen LogP contribution in [0.2, 0.25) is 0 Å². The van der Waals surface area contributed by atoms with Gasteiger partial charge in [0.05, 0.1) is 5.60 Å². The molecule has 7 nitrogen and oxygen atoms in total. The highest BCUT2D eigenvalue weighted by Crippen LogP contribution is 2.28. The van der Waals surface area contributed by atoms with E-state index >= 15 is 0 Å². The van der Waals surface area contributed by atoms with Crippen molar-refractivity contribution in [2.75, 3.05) is 51.2 Å². The van der Waals surface area contributed by atoms with Crippen LogP contribution in [0.3, 0.4) is 0 Å². The van der Waals surface area contributed by atoms with Crippen molar-refractivity contribution in [1.29, 1.82) is 0 Å². The summed E-state index contributed by atoms with van der Waals surface area (Å²) in [6, 6.07) is 3.54. The second-order valence-electron chi connectivity index (χ2n) is 7.17. The fourth-order valence-electron chi connectivity index (χ4n) is 3.50. The van der Waals surface area contributed by atoms with Crippen LogP contribution in [-0.2, 0) is 0 Å². The Hall–Kier alpha value is -1.70. The average Bonchev–Trinajstić information content (AvgIpc) is 2.64. The van der Waals surface area contributed by atoms with Crippen molar-refractivity contribution >= 4 is 11.7 Å². The van der Waals surface area contributed by atoms with Gasteiger partial charge in [0.1, 0.15) is 11.9 Å². The van der Waals surface area contributed by atoms with Crippen LogP contribution in [-0.4, -0.2) is 88.9 Å². The summed E-state index contributed by atoms with van der Waals surface area (Å²) in [6.07, 6.45) is 1.84. The van der Waals surface area contributed by atoms with Crippen molar-refractivity contribution < 1.29 is 15.0 Å². The van der Waals surface area contributed by atoms with Gasteiger partial charge in [-0.2, -0.15) is 0 Å². The van der Waals surface area contributed by atoms with Gasteiger partial charge < -0.3 is 24.9 Å². The van der Waals surface area contributed by atoms with Crippen molar-refractivity contribution in [3.05, 3.63) is 23.9 Å². The van der Waals surface area contributed by atoms with Gasteiger partial charge in [0.2, 0.25) is 0 Å². The van der Waals surface area contributed by atoms with E-state index in [4.69, 9.17) is 0 Å². The summed E-state index contributed by atoms with van der Waals surface area (Å²) in [5.74, 6) is 0.705. The van der Waals surface area contributed by atoms with Crippen LogP contribution in [0.15, 0.2) is 18.3 Å². The van der Waals surface area contributed by atoms with Gasteiger partial charge >= 0.3 is 0 Å². The lowest BCUT2D eigenvalue weighted by Gasteiger charge is -2.42. The molecule has 0 aliphatic carbocycles. The minimum absolute atomic E-state index is 0.0272. The second-order valence-corrected chi connectivity index (χ2v) is 7.17. The number of hydrogen-bond acceptors (Lipinski definition) is 6. The number of rotatable bonds is 3. The van der Waals surface area contributed by atoms with Crippen molar-refractivity contribution in [2.45, 2.75) is 31.5 Å². The summed E-state index contributed by atoms with van der Waals surface area (Å²) >= 11 is 0. The highest BCUT2D eigenvalue weighted by atomic mass is 16.3. The van der Waals surface area contributed by atoms with Crippen LogP contribution in [0, 0.1) is 0 Å². The number of piperidine rings is 1. The number of carbonyl (C=O) groups excluding carboxylic acids is 1. The van der Waals surface area contributed by atoms with Crippen molar-refractivity contribution in [2.24, 2.45) is 0 Å². The Morgan fingerprint density at radius 1 is 1.32 bits per heavy atom. The van der Waals surface area contributed by atoms with Crippen LogP contribution in [0.25, 0.3) is 0 Å². The molecule has 0 aromatic carbocycles. The first-order chi connectivity index (χ1) is 11.9. The molecular formula is C18H28N4O3. The molecule has 0 bridgehead atoms. The third kappa shape index (κ3) is 3.78. The molecule has 3 rings (SSSR count). The first-order valence-corrected chi connectivity index (χ1v) is 9.02. The maximum Gasteiger partial charge on any atom is 0.254 e. The van der Waals surface area contributed by atoms with Gasteiger partial charge in [0, 0.05) is 51.0 Å². The lowest BCUT2D eigenvalue weighted by Crippen LogP contribution is -2.55. The highest BCUT2D eigenvalue weighted by Gasteiger charge is 2.39. The monoisotopic (exact) mass is 348 g/mol. The SMILES string of the molecule is CC[C@@]1(O)CCN(c2cc(C(=O)N3CCN(C)CC3)ccn2)C[C@H]1O. The normalized spacial score (nSPS) is 28.2. The molecule has 2 fully saturated rings. The predicted octanol–water partition coefficient (Wildman–Crippen LogP) is 0.181. The molecule has 1 aromatic rings. The molecule has 138 valence electrons.